The van der Waals surface area contributed by atoms with Gasteiger partial charge < -0.3 is 0 Å². The van der Waals surface area contributed by atoms with Crippen LogP contribution in [0.3, 0.4) is 0 Å². The average Bonchev–Trinajstić information content (AvgIpc) is 2.84. The molecule has 4 rings (SSSR count). The third-order valence-electron chi connectivity index (χ3n) is 5.15. The van der Waals surface area contributed by atoms with E-state index in [-0.39, 0.29) is 16.5 Å². The van der Waals surface area contributed by atoms with Crippen molar-refractivity contribution in [2.24, 2.45) is 0 Å². The summed E-state index contributed by atoms with van der Waals surface area (Å²) in [5, 5.41) is 1.72. The smallest absolute Gasteiger partial charge is 0.284 e. The van der Waals surface area contributed by atoms with Crippen LogP contribution in [0.1, 0.15) is 5.56 Å². The van der Waals surface area contributed by atoms with Crippen LogP contribution in [0.15, 0.2) is 76.5 Å². The fourth-order valence-electron chi connectivity index (χ4n) is 3.81. The molecule has 0 aromatic heterocycles. The quantitative estimate of drug-likeness (QED) is 0.200. The summed E-state index contributed by atoms with van der Waals surface area (Å²) >= 11 is 0. The molecule has 0 saturated heterocycles. The summed E-state index contributed by atoms with van der Waals surface area (Å²) in [6, 6.07) is 16.8. The molecular weight excluding hydrogens is 753 g/mol. The normalized spacial score (nSPS) is 11.4. The molecule has 0 radical (unpaired) electrons. The van der Waals surface area contributed by atoms with E-state index in [1.165, 1.54) is 12.1 Å². The molecule has 258 valence electrons. The first-order valence-electron chi connectivity index (χ1n) is 11.7. The van der Waals surface area contributed by atoms with Crippen LogP contribution in [0, 0.1) is 6.92 Å². The number of sulfonamides is 2. The monoisotopic (exact) mass is 776 g/mol. The lowest BCUT2D eigenvalue weighted by Gasteiger charge is -2.11. The Balaban J connectivity index is 0.000000397. The molecule has 0 aliphatic heterocycles. The minimum absolute atomic E-state index is 0.193. The number of anilines is 2. The SMILES string of the molecule is CS(=O)(=O)Nc1cc(S(=O)(=O)O)c2cccc(S(=O)(=O)O)c2c1.Cc1cc(NS(C)(=O)=O)cc2ccccc12.O=S(=O)=O.O=S(=O)=O. The Hall–Kier alpha value is -4.04. The summed E-state index contributed by atoms with van der Waals surface area (Å²) in [6.45, 7) is 1.97. The zero-order valence-corrected chi connectivity index (χ0v) is 28.8. The summed E-state index contributed by atoms with van der Waals surface area (Å²) in [4.78, 5) is -1.33. The van der Waals surface area contributed by atoms with Gasteiger partial charge in [-0.2, -0.15) is 16.8 Å². The zero-order chi connectivity index (χ0) is 36.5. The van der Waals surface area contributed by atoms with Crippen LogP contribution in [0.25, 0.3) is 21.5 Å². The molecule has 0 aliphatic carbocycles. The first kappa shape index (κ1) is 41.0. The molecular formula is C23H24N2O16S6. The highest BCUT2D eigenvalue weighted by Gasteiger charge is 2.21. The molecule has 4 N–H and O–H groups in total. The van der Waals surface area contributed by atoms with Gasteiger partial charge in [-0.3, -0.25) is 18.5 Å². The maximum absolute atomic E-state index is 11.5. The van der Waals surface area contributed by atoms with E-state index in [1.54, 1.807) is 0 Å². The second-order valence-electron chi connectivity index (χ2n) is 8.95. The van der Waals surface area contributed by atoms with Gasteiger partial charge in [0.05, 0.1) is 18.2 Å². The van der Waals surface area contributed by atoms with Crippen LogP contribution in [0.4, 0.5) is 11.4 Å². The lowest BCUT2D eigenvalue weighted by molar-refractivity contribution is 0.481. The summed E-state index contributed by atoms with van der Waals surface area (Å²) in [5.74, 6) is 0. The van der Waals surface area contributed by atoms with Gasteiger partial charge >= 0.3 is 21.2 Å². The van der Waals surface area contributed by atoms with Crippen molar-refractivity contribution in [3.63, 3.8) is 0 Å². The number of benzene rings is 4. The van der Waals surface area contributed by atoms with E-state index < -0.39 is 71.3 Å². The molecule has 4 aromatic carbocycles. The molecule has 0 aliphatic rings. The second-order valence-corrected chi connectivity index (χ2v) is 16.0. The zero-order valence-electron chi connectivity index (χ0n) is 23.9. The maximum atomic E-state index is 11.5. The third kappa shape index (κ3) is 14.9. The number of nitrogens with one attached hydrogen (secondary N) is 2. The molecule has 0 spiro atoms. The van der Waals surface area contributed by atoms with Crippen molar-refractivity contribution in [3.05, 3.63) is 72.3 Å². The van der Waals surface area contributed by atoms with Gasteiger partial charge in [0.2, 0.25) is 20.0 Å². The number of fused-ring (bicyclic) bond motifs is 2. The first-order valence-corrected chi connectivity index (χ1v) is 20.4. The van der Waals surface area contributed by atoms with Gasteiger partial charge in [0, 0.05) is 16.5 Å². The molecule has 0 saturated carbocycles. The topological polar surface area (TPSA) is 303 Å². The van der Waals surface area contributed by atoms with Gasteiger partial charge in [-0.1, -0.05) is 36.4 Å². The molecule has 24 heteroatoms. The average molecular weight is 777 g/mol. The molecule has 18 nitrogen and oxygen atoms in total. The number of aryl methyl sites for hydroxylation is 1. The lowest BCUT2D eigenvalue weighted by atomic mass is 10.1. The van der Waals surface area contributed by atoms with Crippen molar-refractivity contribution in [2.75, 3.05) is 22.0 Å². The highest BCUT2D eigenvalue weighted by atomic mass is 32.2. The van der Waals surface area contributed by atoms with Crippen LogP contribution < -0.4 is 9.44 Å². The number of rotatable bonds is 6. The van der Waals surface area contributed by atoms with E-state index in [0.29, 0.717) is 5.69 Å². The van der Waals surface area contributed by atoms with Crippen molar-refractivity contribution in [2.45, 2.75) is 16.7 Å². The standard InChI is InChI=1S/C12H13NO2S.C11H11NO8S3.2O3S/c1-9-7-11(13-16(2,14)15)8-10-5-3-4-6-12(9)10;1-21(13,14)12-7-5-9-8(11(6-7)23(18,19)20)3-2-4-10(9)22(15,16)17;2*1-4(2)3/h3-8,13H,1-2H3;2-6,12H,1H3,(H,15,16,17)(H,18,19,20);;. The van der Waals surface area contributed by atoms with Gasteiger partial charge in [-0.05, 0) is 53.6 Å². The molecule has 47 heavy (non-hydrogen) atoms. The summed E-state index contributed by atoms with van der Waals surface area (Å²) in [5.41, 5.74) is 1.38. The summed E-state index contributed by atoms with van der Waals surface area (Å²) < 4.78 is 164. The molecule has 0 unspecified atom stereocenters. The molecule has 0 bridgehead atoms. The number of hydrogen-bond acceptors (Lipinski definition) is 14. The van der Waals surface area contributed by atoms with Crippen LogP contribution in [-0.2, 0) is 61.5 Å². The van der Waals surface area contributed by atoms with E-state index in [2.05, 4.69) is 4.72 Å². The van der Waals surface area contributed by atoms with Crippen LogP contribution in [-0.4, -0.2) is 80.5 Å². The molecule has 0 amide bonds. The predicted octanol–water partition coefficient (Wildman–Crippen LogP) is 1.22. The minimum Gasteiger partial charge on any atom is -0.284 e. The van der Waals surface area contributed by atoms with E-state index in [0.717, 1.165) is 47.0 Å². The van der Waals surface area contributed by atoms with E-state index in [9.17, 15) is 42.8 Å². The molecule has 0 heterocycles. The van der Waals surface area contributed by atoms with E-state index in [1.807, 2.05) is 48.0 Å². The molecule has 4 aromatic rings. The van der Waals surface area contributed by atoms with Crippen LogP contribution >= 0.6 is 0 Å². The Kier molecular flexibility index (Phi) is 14.1. The van der Waals surface area contributed by atoms with Crippen molar-refractivity contribution < 1.29 is 68.0 Å². The van der Waals surface area contributed by atoms with Crippen LogP contribution in [0.2, 0.25) is 0 Å². The highest BCUT2D eigenvalue weighted by molar-refractivity contribution is 7.92. The fourth-order valence-corrected chi connectivity index (χ4v) is 6.33. The number of hydrogen-bond donors (Lipinski definition) is 4. The van der Waals surface area contributed by atoms with E-state index in [4.69, 9.17) is 25.3 Å². The first-order chi connectivity index (χ1) is 21.2. The summed E-state index contributed by atoms with van der Waals surface area (Å²) in [7, 11) is -22.7. The maximum Gasteiger partial charge on any atom is 0.425 e. The Bertz CT molecular complexity index is 2440. The van der Waals surface area contributed by atoms with Crippen molar-refractivity contribution >= 4 is 94.4 Å². The molecule has 0 atom stereocenters. The van der Waals surface area contributed by atoms with Gasteiger partial charge in [0.15, 0.2) is 0 Å². The van der Waals surface area contributed by atoms with Gasteiger partial charge in [-0.25, -0.2) is 16.8 Å². The van der Waals surface area contributed by atoms with Gasteiger partial charge in [0.25, 0.3) is 20.2 Å². The largest absolute Gasteiger partial charge is 0.425 e. The Morgan fingerprint density at radius 2 is 0.957 bits per heavy atom. The minimum atomic E-state index is -4.78. The van der Waals surface area contributed by atoms with Crippen molar-refractivity contribution in [1.82, 2.24) is 0 Å². The summed E-state index contributed by atoms with van der Waals surface area (Å²) in [6.07, 6.45) is 1.95. The lowest BCUT2D eigenvalue weighted by Crippen LogP contribution is -2.11. The second kappa shape index (κ2) is 16.2. The van der Waals surface area contributed by atoms with E-state index >= 15 is 0 Å². The van der Waals surface area contributed by atoms with Crippen molar-refractivity contribution in [3.8, 4) is 0 Å². The fraction of sp³-hybridized carbons (Fsp3) is 0.130. The van der Waals surface area contributed by atoms with Gasteiger partial charge in [-0.15, -0.1) is 25.3 Å². The molecule has 0 fully saturated rings. The van der Waals surface area contributed by atoms with Gasteiger partial charge in [0.1, 0.15) is 9.79 Å². The predicted molar refractivity (Wildman–Crippen MR) is 169 cm³/mol. The Labute approximate surface area is 272 Å². The Morgan fingerprint density at radius 3 is 1.40 bits per heavy atom. The highest BCUT2D eigenvalue weighted by Crippen LogP contribution is 2.32. The van der Waals surface area contributed by atoms with Crippen molar-refractivity contribution in [1.29, 1.82) is 0 Å². The third-order valence-corrected chi connectivity index (χ3v) is 8.17. The van der Waals surface area contributed by atoms with Crippen LogP contribution in [0.5, 0.6) is 0 Å². The Morgan fingerprint density at radius 1 is 0.532 bits per heavy atom.